The highest BCUT2D eigenvalue weighted by Gasteiger charge is 2.13. The van der Waals surface area contributed by atoms with E-state index in [0.717, 1.165) is 5.56 Å². The number of hydrogen-bond donors (Lipinski definition) is 0. The highest BCUT2D eigenvalue weighted by Crippen LogP contribution is 2.13. The van der Waals surface area contributed by atoms with Crippen molar-refractivity contribution in [2.75, 3.05) is 0 Å². The first kappa shape index (κ1) is 12.2. The van der Waals surface area contributed by atoms with E-state index in [1.807, 2.05) is 19.1 Å². The van der Waals surface area contributed by atoms with Crippen molar-refractivity contribution in [2.24, 2.45) is 0 Å². The third kappa shape index (κ3) is 3.65. The van der Waals surface area contributed by atoms with Gasteiger partial charge in [-0.25, -0.2) is 0 Å². The van der Waals surface area contributed by atoms with E-state index < -0.39 is 10.8 Å². The first-order valence-corrected chi connectivity index (χ1v) is 6.44. The van der Waals surface area contributed by atoms with Gasteiger partial charge in [0.05, 0.1) is 6.07 Å². The van der Waals surface area contributed by atoms with E-state index in [1.54, 1.807) is 12.1 Å². The molecule has 0 aromatic heterocycles. The molecule has 2 unspecified atom stereocenters. The monoisotopic (exact) mass is 241 g/mol. The Kier molecular flexibility index (Phi) is 4.80. The standard InChI is InChI=1S/C11H12ClNOS/c1-2-11(7-13)15(14)8-9-3-5-10(12)6-4-9/h3-6,11H,2,8H2,1H3. The molecule has 0 saturated heterocycles. The molecular weight excluding hydrogens is 230 g/mol. The number of nitrogens with zero attached hydrogens (tertiary/aromatic N) is 1. The van der Waals surface area contributed by atoms with Gasteiger partial charge in [-0.1, -0.05) is 30.7 Å². The van der Waals surface area contributed by atoms with Crippen LogP contribution in [-0.2, 0) is 16.6 Å². The fourth-order valence-corrected chi connectivity index (χ4v) is 2.52. The van der Waals surface area contributed by atoms with Gasteiger partial charge in [-0.2, -0.15) is 5.26 Å². The summed E-state index contributed by atoms with van der Waals surface area (Å²) in [7, 11) is -1.12. The third-order valence-corrected chi connectivity index (χ3v) is 4.00. The predicted molar refractivity (Wildman–Crippen MR) is 63.0 cm³/mol. The number of benzene rings is 1. The van der Waals surface area contributed by atoms with E-state index >= 15 is 0 Å². The van der Waals surface area contributed by atoms with Crippen LogP contribution in [0.4, 0.5) is 0 Å². The molecule has 0 heterocycles. The molecule has 0 N–H and O–H groups in total. The van der Waals surface area contributed by atoms with E-state index in [1.165, 1.54) is 0 Å². The third-order valence-electron chi connectivity index (χ3n) is 2.05. The molecule has 2 nitrogen and oxygen atoms in total. The zero-order valence-electron chi connectivity index (χ0n) is 8.44. The maximum Gasteiger partial charge on any atom is 0.121 e. The number of nitriles is 1. The van der Waals surface area contributed by atoms with Gasteiger partial charge in [0, 0.05) is 21.6 Å². The lowest BCUT2D eigenvalue weighted by atomic mass is 10.2. The number of halogens is 1. The highest BCUT2D eigenvalue weighted by atomic mass is 35.5. The van der Waals surface area contributed by atoms with Crippen molar-refractivity contribution < 1.29 is 4.21 Å². The van der Waals surface area contributed by atoms with Gasteiger partial charge in [0.15, 0.2) is 0 Å². The van der Waals surface area contributed by atoms with Crippen LogP contribution >= 0.6 is 11.6 Å². The second kappa shape index (κ2) is 5.89. The molecule has 0 bridgehead atoms. The second-order valence-electron chi connectivity index (χ2n) is 3.18. The minimum absolute atomic E-state index is 0.374. The van der Waals surface area contributed by atoms with Crippen molar-refractivity contribution in [3.8, 4) is 6.07 Å². The van der Waals surface area contributed by atoms with Crippen molar-refractivity contribution >= 4 is 22.4 Å². The van der Waals surface area contributed by atoms with E-state index in [0.29, 0.717) is 17.2 Å². The van der Waals surface area contributed by atoms with Gasteiger partial charge < -0.3 is 0 Å². The van der Waals surface area contributed by atoms with Gasteiger partial charge in [0.25, 0.3) is 0 Å². The molecule has 0 aliphatic rings. The molecule has 1 aromatic carbocycles. The van der Waals surface area contributed by atoms with Crippen LogP contribution in [0.3, 0.4) is 0 Å². The average molecular weight is 242 g/mol. The summed E-state index contributed by atoms with van der Waals surface area (Å²) in [6.07, 6.45) is 0.622. The summed E-state index contributed by atoms with van der Waals surface area (Å²) in [5, 5.41) is 9.04. The molecule has 0 radical (unpaired) electrons. The molecule has 4 heteroatoms. The summed E-state index contributed by atoms with van der Waals surface area (Å²) in [4.78, 5) is 0. The Morgan fingerprint density at radius 1 is 1.47 bits per heavy atom. The Balaban J connectivity index is 2.67. The molecule has 0 aliphatic carbocycles. The minimum atomic E-state index is -1.12. The highest BCUT2D eigenvalue weighted by molar-refractivity contribution is 7.85. The van der Waals surface area contributed by atoms with Crippen LogP contribution < -0.4 is 0 Å². The van der Waals surface area contributed by atoms with Gasteiger partial charge in [0.1, 0.15) is 5.25 Å². The van der Waals surface area contributed by atoms with Crippen LogP contribution in [0, 0.1) is 11.3 Å². The molecule has 0 saturated carbocycles. The lowest BCUT2D eigenvalue weighted by molar-refractivity contribution is 0.675. The average Bonchev–Trinajstić information content (AvgIpc) is 2.23. The molecular formula is C11H12ClNOS. The van der Waals surface area contributed by atoms with E-state index in [2.05, 4.69) is 6.07 Å². The van der Waals surface area contributed by atoms with Crippen LogP contribution in [0.5, 0.6) is 0 Å². The summed E-state index contributed by atoms with van der Waals surface area (Å²) in [5.41, 5.74) is 0.950. The van der Waals surface area contributed by atoms with E-state index in [-0.39, 0.29) is 5.25 Å². The minimum Gasteiger partial charge on any atom is -0.258 e. The largest absolute Gasteiger partial charge is 0.258 e. The van der Waals surface area contributed by atoms with E-state index in [4.69, 9.17) is 16.9 Å². The summed E-state index contributed by atoms with van der Waals surface area (Å²) < 4.78 is 11.7. The number of hydrogen-bond acceptors (Lipinski definition) is 2. The van der Waals surface area contributed by atoms with Crippen molar-refractivity contribution in [2.45, 2.75) is 24.3 Å². The van der Waals surface area contributed by atoms with Gasteiger partial charge >= 0.3 is 0 Å². The maximum absolute atomic E-state index is 11.7. The Labute approximate surface area is 97.3 Å². The molecule has 80 valence electrons. The Hall–Kier alpha value is -0.850. The molecule has 2 atom stereocenters. The van der Waals surface area contributed by atoms with Crippen LogP contribution in [0.2, 0.25) is 5.02 Å². The number of rotatable bonds is 4. The molecule has 1 rings (SSSR count). The summed E-state index contributed by atoms with van der Waals surface area (Å²) in [6, 6.07) is 9.26. The van der Waals surface area contributed by atoms with Gasteiger partial charge in [0.2, 0.25) is 0 Å². The first-order valence-electron chi connectivity index (χ1n) is 4.68. The van der Waals surface area contributed by atoms with Gasteiger partial charge in [-0.15, -0.1) is 0 Å². The topological polar surface area (TPSA) is 40.9 Å². The Morgan fingerprint density at radius 3 is 2.53 bits per heavy atom. The summed E-state index contributed by atoms with van der Waals surface area (Å²) >= 11 is 5.74. The first-order chi connectivity index (χ1) is 7.17. The van der Waals surface area contributed by atoms with Crippen LogP contribution in [0.1, 0.15) is 18.9 Å². The lowest BCUT2D eigenvalue weighted by Gasteiger charge is -2.06. The lowest BCUT2D eigenvalue weighted by Crippen LogP contribution is -2.13. The molecule has 0 spiro atoms. The quantitative estimate of drug-likeness (QED) is 0.813. The van der Waals surface area contributed by atoms with Gasteiger partial charge in [-0.3, -0.25) is 4.21 Å². The zero-order chi connectivity index (χ0) is 11.3. The summed E-state index contributed by atoms with van der Waals surface area (Å²) in [6.45, 7) is 1.87. The van der Waals surface area contributed by atoms with Crippen LogP contribution in [0.15, 0.2) is 24.3 Å². The SMILES string of the molecule is CCC(C#N)S(=O)Cc1ccc(Cl)cc1. The van der Waals surface area contributed by atoms with E-state index in [9.17, 15) is 4.21 Å². The second-order valence-corrected chi connectivity index (χ2v) is 5.23. The normalized spacial score (nSPS) is 14.2. The Bertz CT molecular complexity index is 383. The summed E-state index contributed by atoms with van der Waals surface area (Å²) in [5.74, 6) is 0.420. The molecule has 15 heavy (non-hydrogen) atoms. The Morgan fingerprint density at radius 2 is 2.07 bits per heavy atom. The fraction of sp³-hybridized carbons (Fsp3) is 0.364. The van der Waals surface area contributed by atoms with Crippen LogP contribution in [-0.4, -0.2) is 9.46 Å². The van der Waals surface area contributed by atoms with Crippen molar-refractivity contribution in [1.82, 2.24) is 0 Å². The molecule has 1 aromatic rings. The molecule has 0 amide bonds. The van der Waals surface area contributed by atoms with Crippen molar-refractivity contribution in [1.29, 1.82) is 5.26 Å². The predicted octanol–water partition coefficient (Wildman–Crippen LogP) is 2.89. The maximum atomic E-state index is 11.7. The van der Waals surface area contributed by atoms with Crippen molar-refractivity contribution in [3.05, 3.63) is 34.9 Å². The van der Waals surface area contributed by atoms with Gasteiger partial charge in [-0.05, 0) is 24.1 Å². The molecule has 0 fully saturated rings. The smallest absolute Gasteiger partial charge is 0.121 e. The zero-order valence-corrected chi connectivity index (χ0v) is 10.0. The fourth-order valence-electron chi connectivity index (χ4n) is 1.18. The molecule has 0 aliphatic heterocycles. The van der Waals surface area contributed by atoms with Crippen molar-refractivity contribution in [3.63, 3.8) is 0 Å². The van der Waals surface area contributed by atoms with Crippen LogP contribution in [0.25, 0.3) is 0 Å².